The highest BCUT2D eigenvalue weighted by Crippen LogP contribution is 2.15. The van der Waals surface area contributed by atoms with Gasteiger partial charge in [0.05, 0.1) is 12.5 Å². The van der Waals surface area contributed by atoms with Crippen LogP contribution in [-0.4, -0.2) is 53.8 Å². The molecule has 21 heavy (non-hydrogen) atoms. The molecule has 9 heteroatoms. The number of hydrogen-bond donors (Lipinski definition) is 2. The highest BCUT2D eigenvalue weighted by atomic mass is 32.2. The fraction of sp³-hybridized carbons (Fsp3) is 0.667. The van der Waals surface area contributed by atoms with E-state index in [1.807, 2.05) is 0 Å². The van der Waals surface area contributed by atoms with Gasteiger partial charge in [0.15, 0.2) is 0 Å². The van der Waals surface area contributed by atoms with Gasteiger partial charge in [-0.25, -0.2) is 12.7 Å². The smallest absolute Gasteiger partial charge is 0.241 e. The standard InChI is InChI=1S/C12H21N5O3S/c1-16-8-9(7-14-16)11(13)12(18)15-10-3-5-17(6-4-10)21(2,19)20/h7-8,10-11H,3-6,13H2,1-2H3,(H,15,18). The van der Waals surface area contributed by atoms with Crippen molar-refractivity contribution >= 4 is 15.9 Å². The van der Waals surface area contributed by atoms with E-state index in [1.54, 1.807) is 24.1 Å². The molecule has 2 rings (SSSR count). The van der Waals surface area contributed by atoms with Crippen LogP contribution in [0.15, 0.2) is 12.4 Å². The average molecular weight is 315 g/mol. The van der Waals surface area contributed by atoms with Crippen LogP contribution in [0.3, 0.4) is 0 Å². The summed E-state index contributed by atoms with van der Waals surface area (Å²) < 4.78 is 25.9. The van der Waals surface area contributed by atoms with Gasteiger partial charge in [-0.05, 0) is 12.8 Å². The van der Waals surface area contributed by atoms with E-state index in [0.717, 1.165) is 0 Å². The number of sulfonamides is 1. The molecule has 1 aromatic heterocycles. The van der Waals surface area contributed by atoms with Crippen LogP contribution < -0.4 is 11.1 Å². The van der Waals surface area contributed by atoms with Crippen LogP contribution in [0.25, 0.3) is 0 Å². The molecule has 1 fully saturated rings. The molecule has 1 atom stereocenters. The van der Waals surface area contributed by atoms with Gasteiger partial charge in [0.2, 0.25) is 15.9 Å². The first-order chi connectivity index (χ1) is 9.77. The molecule has 1 unspecified atom stereocenters. The van der Waals surface area contributed by atoms with E-state index in [4.69, 9.17) is 5.73 Å². The van der Waals surface area contributed by atoms with Crippen molar-refractivity contribution in [3.05, 3.63) is 18.0 Å². The van der Waals surface area contributed by atoms with Crippen molar-refractivity contribution in [1.82, 2.24) is 19.4 Å². The van der Waals surface area contributed by atoms with Gasteiger partial charge in [0, 0.05) is 37.9 Å². The molecular formula is C12H21N5O3S. The Balaban J connectivity index is 1.87. The van der Waals surface area contributed by atoms with Crippen LogP contribution in [0.5, 0.6) is 0 Å². The zero-order chi connectivity index (χ0) is 15.6. The highest BCUT2D eigenvalue weighted by Gasteiger charge is 2.27. The molecule has 118 valence electrons. The summed E-state index contributed by atoms with van der Waals surface area (Å²) in [4.78, 5) is 12.1. The predicted molar refractivity (Wildman–Crippen MR) is 77.7 cm³/mol. The maximum Gasteiger partial charge on any atom is 0.241 e. The summed E-state index contributed by atoms with van der Waals surface area (Å²) in [6.45, 7) is 0.845. The Labute approximate surface area is 124 Å². The minimum atomic E-state index is -3.15. The lowest BCUT2D eigenvalue weighted by molar-refractivity contribution is -0.123. The predicted octanol–water partition coefficient (Wildman–Crippen LogP) is -1.04. The van der Waals surface area contributed by atoms with Gasteiger partial charge in [0.25, 0.3) is 0 Å². The quantitative estimate of drug-likeness (QED) is 0.737. The third-order valence-electron chi connectivity index (χ3n) is 3.64. The first-order valence-electron chi connectivity index (χ1n) is 6.77. The number of nitrogens with one attached hydrogen (secondary N) is 1. The zero-order valence-electron chi connectivity index (χ0n) is 12.2. The van der Waals surface area contributed by atoms with Crippen LogP contribution in [-0.2, 0) is 21.9 Å². The highest BCUT2D eigenvalue weighted by molar-refractivity contribution is 7.88. The molecule has 1 saturated heterocycles. The Hall–Kier alpha value is -1.45. The van der Waals surface area contributed by atoms with Crippen molar-refractivity contribution in [3.63, 3.8) is 0 Å². The third-order valence-corrected chi connectivity index (χ3v) is 4.94. The maximum atomic E-state index is 12.1. The van der Waals surface area contributed by atoms with Gasteiger partial charge in [-0.2, -0.15) is 5.10 Å². The third kappa shape index (κ3) is 4.02. The first kappa shape index (κ1) is 15.9. The van der Waals surface area contributed by atoms with E-state index in [0.29, 0.717) is 31.5 Å². The molecule has 3 N–H and O–H groups in total. The zero-order valence-corrected chi connectivity index (χ0v) is 13.0. The Kier molecular flexibility index (Phi) is 4.64. The summed E-state index contributed by atoms with van der Waals surface area (Å²) >= 11 is 0. The van der Waals surface area contributed by atoms with Crippen molar-refractivity contribution in [1.29, 1.82) is 0 Å². The summed E-state index contributed by atoms with van der Waals surface area (Å²) in [6, 6.07) is -0.801. The number of piperidine rings is 1. The molecule has 1 amide bonds. The molecule has 0 spiro atoms. The second-order valence-corrected chi connectivity index (χ2v) is 7.35. The molecule has 0 radical (unpaired) electrons. The molecule has 0 aromatic carbocycles. The van der Waals surface area contributed by atoms with Crippen molar-refractivity contribution < 1.29 is 13.2 Å². The molecular weight excluding hydrogens is 294 g/mol. The summed E-state index contributed by atoms with van der Waals surface area (Å²) in [7, 11) is -1.39. The number of amides is 1. The maximum absolute atomic E-state index is 12.1. The van der Waals surface area contributed by atoms with Gasteiger partial charge < -0.3 is 11.1 Å². The SMILES string of the molecule is Cn1cc(C(N)C(=O)NC2CCN(S(C)(=O)=O)CC2)cn1. The molecule has 0 saturated carbocycles. The van der Waals surface area contributed by atoms with E-state index in [-0.39, 0.29) is 11.9 Å². The van der Waals surface area contributed by atoms with Crippen molar-refractivity contribution in [3.8, 4) is 0 Å². The fourth-order valence-electron chi connectivity index (χ4n) is 2.37. The topological polar surface area (TPSA) is 110 Å². The van der Waals surface area contributed by atoms with Gasteiger partial charge in [-0.1, -0.05) is 0 Å². The second kappa shape index (κ2) is 6.12. The Morgan fingerprint density at radius 2 is 2.10 bits per heavy atom. The van der Waals surface area contributed by atoms with Crippen molar-refractivity contribution in [2.24, 2.45) is 12.8 Å². The Morgan fingerprint density at radius 1 is 1.48 bits per heavy atom. The Morgan fingerprint density at radius 3 is 2.57 bits per heavy atom. The van der Waals surface area contributed by atoms with Crippen LogP contribution in [0.1, 0.15) is 24.4 Å². The summed E-state index contributed by atoms with van der Waals surface area (Å²) in [6.07, 6.45) is 5.66. The molecule has 2 heterocycles. The molecule has 0 aliphatic carbocycles. The minimum absolute atomic E-state index is 0.0433. The fourth-order valence-corrected chi connectivity index (χ4v) is 3.25. The molecule has 0 bridgehead atoms. The van der Waals surface area contributed by atoms with Gasteiger partial charge in [0.1, 0.15) is 6.04 Å². The summed E-state index contributed by atoms with van der Waals surface area (Å²) in [5.74, 6) is -0.263. The normalized spacial score (nSPS) is 19.4. The molecule has 1 aromatic rings. The lowest BCUT2D eigenvalue weighted by Gasteiger charge is -2.31. The van der Waals surface area contributed by atoms with E-state index >= 15 is 0 Å². The van der Waals surface area contributed by atoms with Gasteiger partial charge in [-0.15, -0.1) is 0 Å². The first-order valence-corrected chi connectivity index (χ1v) is 8.62. The second-order valence-electron chi connectivity index (χ2n) is 5.37. The number of aryl methyl sites for hydroxylation is 1. The van der Waals surface area contributed by atoms with Gasteiger partial charge in [-0.3, -0.25) is 9.48 Å². The number of nitrogens with two attached hydrogens (primary N) is 1. The molecule has 8 nitrogen and oxygen atoms in total. The van der Waals surface area contributed by atoms with Crippen LogP contribution in [0.4, 0.5) is 0 Å². The Bertz CT molecular complexity index is 604. The van der Waals surface area contributed by atoms with E-state index in [9.17, 15) is 13.2 Å². The molecule has 1 aliphatic heterocycles. The van der Waals surface area contributed by atoms with Crippen LogP contribution in [0.2, 0.25) is 0 Å². The number of carbonyl (C=O) groups is 1. The van der Waals surface area contributed by atoms with E-state index in [1.165, 1.54) is 10.6 Å². The number of carbonyl (C=O) groups excluding carboxylic acids is 1. The average Bonchev–Trinajstić information content (AvgIpc) is 2.84. The lowest BCUT2D eigenvalue weighted by atomic mass is 10.1. The summed E-state index contributed by atoms with van der Waals surface area (Å²) in [5.41, 5.74) is 6.55. The van der Waals surface area contributed by atoms with Crippen LogP contribution >= 0.6 is 0 Å². The lowest BCUT2D eigenvalue weighted by Crippen LogP contribution is -2.48. The largest absolute Gasteiger partial charge is 0.352 e. The number of nitrogens with zero attached hydrogens (tertiary/aromatic N) is 3. The monoisotopic (exact) mass is 315 g/mol. The number of rotatable bonds is 4. The van der Waals surface area contributed by atoms with Crippen molar-refractivity contribution in [2.75, 3.05) is 19.3 Å². The summed E-state index contributed by atoms with van der Waals surface area (Å²) in [5, 5.41) is 6.86. The van der Waals surface area contributed by atoms with Crippen LogP contribution in [0, 0.1) is 0 Å². The van der Waals surface area contributed by atoms with E-state index < -0.39 is 16.1 Å². The van der Waals surface area contributed by atoms with E-state index in [2.05, 4.69) is 10.4 Å². The number of hydrogen-bond acceptors (Lipinski definition) is 5. The van der Waals surface area contributed by atoms with Gasteiger partial charge >= 0.3 is 0 Å². The minimum Gasteiger partial charge on any atom is -0.352 e. The number of aromatic nitrogens is 2. The molecule has 1 aliphatic rings. The van der Waals surface area contributed by atoms with Crippen molar-refractivity contribution in [2.45, 2.75) is 24.9 Å².